The summed E-state index contributed by atoms with van der Waals surface area (Å²) in [5, 5.41) is 5.05. The predicted octanol–water partition coefficient (Wildman–Crippen LogP) is 2.21. The molecule has 2 fully saturated rings. The van der Waals surface area contributed by atoms with E-state index >= 15 is 0 Å². The third-order valence-electron chi connectivity index (χ3n) is 5.84. The van der Waals surface area contributed by atoms with Crippen molar-refractivity contribution in [1.29, 1.82) is 0 Å². The molecule has 1 aromatic carbocycles. The zero-order chi connectivity index (χ0) is 19.9. The van der Waals surface area contributed by atoms with Crippen LogP contribution < -0.4 is 10.6 Å². The third kappa shape index (κ3) is 5.10. The first kappa shape index (κ1) is 20.3. The molecule has 2 aliphatic rings. The van der Waals surface area contributed by atoms with Crippen molar-refractivity contribution in [2.75, 3.05) is 13.7 Å². The molecule has 152 valence electrons. The highest BCUT2D eigenvalue weighted by molar-refractivity contribution is 5.94. The maximum atomic E-state index is 12.2. The van der Waals surface area contributed by atoms with Gasteiger partial charge in [0.2, 0.25) is 5.91 Å². The first-order chi connectivity index (χ1) is 13.6. The second kappa shape index (κ2) is 9.68. The Balaban J connectivity index is 1.47. The number of imide groups is 1. The molecule has 1 saturated heterocycles. The number of hydrogen-bond acceptors (Lipinski definition) is 5. The van der Waals surface area contributed by atoms with E-state index in [-0.39, 0.29) is 24.3 Å². The number of hydrogen-bond donors (Lipinski definition) is 2. The third-order valence-corrected chi connectivity index (χ3v) is 5.84. The van der Waals surface area contributed by atoms with Gasteiger partial charge in [-0.05, 0) is 30.7 Å². The number of esters is 1. The van der Waals surface area contributed by atoms with E-state index in [9.17, 15) is 14.4 Å². The van der Waals surface area contributed by atoms with Gasteiger partial charge in [0, 0.05) is 25.6 Å². The van der Waals surface area contributed by atoms with Gasteiger partial charge in [0.15, 0.2) is 0 Å². The normalized spacial score (nSPS) is 24.2. The van der Waals surface area contributed by atoms with Crippen molar-refractivity contribution in [3.8, 4) is 0 Å². The molecule has 3 atom stereocenters. The first-order valence-electron chi connectivity index (χ1n) is 10.0. The van der Waals surface area contributed by atoms with E-state index in [4.69, 9.17) is 4.74 Å². The number of ether oxygens (including phenoxy) is 1. The molecule has 3 rings (SSSR count). The average Bonchev–Trinajstić information content (AvgIpc) is 3.09. The monoisotopic (exact) mass is 387 g/mol. The Morgan fingerprint density at radius 2 is 1.89 bits per heavy atom. The number of fused-ring (bicyclic) bond motifs is 1. The van der Waals surface area contributed by atoms with Gasteiger partial charge in [0.1, 0.15) is 6.04 Å². The van der Waals surface area contributed by atoms with Gasteiger partial charge in [0.25, 0.3) is 0 Å². The lowest BCUT2D eigenvalue weighted by molar-refractivity contribution is -0.146. The molecule has 7 nitrogen and oxygen atoms in total. The van der Waals surface area contributed by atoms with Crippen LogP contribution in [0, 0.1) is 5.92 Å². The molecule has 0 bridgehead atoms. The summed E-state index contributed by atoms with van der Waals surface area (Å²) in [5.41, 5.74) is 0.964. The molecule has 1 saturated carbocycles. The fraction of sp³-hybridized carbons (Fsp3) is 0.571. The van der Waals surface area contributed by atoms with E-state index in [0.717, 1.165) is 31.2 Å². The molecule has 0 spiro atoms. The van der Waals surface area contributed by atoms with Crippen LogP contribution >= 0.6 is 0 Å². The van der Waals surface area contributed by atoms with E-state index in [2.05, 4.69) is 15.5 Å². The Hall–Kier alpha value is -2.41. The molecule has 0 aromatic heterocycles. The van der Waals surface area contributed by atoms with Crippen LogP contribution in [0.2, 0.25) is 0 Å². The number of nitrogens with zero attached hydrogens (tertiary/aromatic N) is 1. The molecule has 1 aliphatic carbocycles. The van der Waals surface area contributed by atoms with Crippen LogP contribution in [-0.4, -0.2) is 48.5 Å². The average molecular weight is 387 g/mol. The molecule has 3 amide bonds. The molecule has 0 radical (unpaired) electrons. The number of amides is 3. The van der Waals surface area contributed by atoms with Gasteiger partial charge in [0.05, 0.1) is 7.11 Å². The van der Waals surface area contributed by atoms with Crippen molar-refractivity contribution in [2.45, 2.75) is 57.2 Å². The zero-order valence-electron chi connectivity index (χ0n) is 16.4. The van der Waals surface area contributed by atoms with Crippen molar-refractivity contribution < 1.29 is 19.1 Å². The Kier molecular flexibility index (Phi) is 7.03. The number of carbonyl (C=O) groups excluding carboxylic acids is 3. The summed E-state index contributed by atoms with van der Waals surface area (Å²) in [6.07, 6.45) is 5.51. The van der Waals surface area contributed by atoms with E-state index in [1.54, 1.807) is 0 Å². The number of likely N-dealkylation sites (tertiary alicyclic amines) is 1. The molecule has 7 heteroatoms. The van der Waals surface area contributed by atoms with Crippen LogP contribution in [0.3, 0.4) is 0 Å². The van der Waals surface area contributed by atoms with Gasteiger partial charge < -0.3 is 10.1 Å². The standard InChI is InChI=1S/C21H29N3O4/c1-28-20(26)18-13-16-9-5-6-10-17(16)24(18)12-11-19(25)23-21(27)22-14-15-7-3-2-4-8-15/h2-4,7-8,16-18H,5-6,9-14H2,1H3,(H2,22,23,25,27). The topological polar surface area (TPSA) is 87.7 Å². The van der Waals surface area contributed by atoms with Crippen LogP contribution in [0.15, 0.2) is 30.3 Å². The summed E-state index contributed by atoms with van der Waals surface area (Å²) >= 11 is 0. The first-order valence-corrected chi connectivity index (χ1v) is 10.0. The number of nitrogens with one attached hydrogen (secondary N) is 2. The fourth-order valence-electron chi connectivity index (χ4n) is 4.48. The minimum absolute atomic E-state index is 0.176. The molecule has 1 heterocycles. The number of rotatable bonds is 6. The molecule has 3 unspecified atom stereocenters. The van der Waals surface area contributed by atoms with Crippen molar-refractivity contribution in [3.05, 3.63) is 35.9 Å². The summed E-state index contributed by atoms with van der Waals surface area (Å²) in [6.45, 7) is 0.818. The highest BCUT2D eigenvalue weighted by atomic mass is 16.5. The highest BCUT2D eigenvalue weighted by Gasteiger charge is 2.45. The van der Waals surface area contributed by atoms with Gasteiger partial charge in [-0.25, -0.2) is 4.79 Å². The van der Waals surface area contributed by atoms with Gasteiger partial charge in [-0.3, -0.25) is 19.8 Å². The van der Waals surface area contributed by atoms with Crippen molar-refractivity contribution in [1.82, 2.24) is 15.5 Å². The quantitative estimate of drug-likeness (QED) is 0.731. The second-order valence-electron chi connectivity index (χ2n) is 7.59. The van der Waals surface area contributed by atoms with Gasteiger partial charge in [-0.2, -0.15) is 0 Å². The summed E-state index contributed by atoms with van der Waals surface area (Å²) in [4.78, 5) is 38.5. The van der Waals surface area contributed by atoms with Gasteiger partial charge in [-0.1, -0.05) is 43.2 Å². The number of carbonyl (C=O) groups is 3. The maximum absolute atomic E-state index is 12.2. The molecule has 1 aliphatic heterocycles. The van der Waals surface area contributed by atoms with Crippen LogP contribution in [0.4, 0.5) is 4.79 Å². The van der Waals surface area contributed by atoms with E-state index < -0.39 is 6.03 Å². The van der Waals surface area contributed by atoms with Gasteiger partial charge in [-0.15, -0.1) is 0 Å². The smallest absolute Gasteiger partial charge is 0.323 e. The summed E-state index contributed by atoms with van der Waals surface area (Å²) in [5.74, 6) is -0.0704. The zero-order valence-corrected chi connectivity index (χ0v) is 16.4. The lowest BCUT2D eigenvalue weighted by Gasteiger charge is -2.33. The van der Waals surface area contributed by atoms with Crippen LogP contribution in [0.1, 0.15) is 44.1 Å². The van der Waals surface area contributed by atoms with Crippen molar-refractivity contribution >= 4 is 17.9 Å². The molecule has 1 aromatic rings. The van der Waals surface area contributed by atoms with Crippen LogP contribution in [0.5, 0.6) is 0 Å². The minimum Gasteiger partial charge on any atom is -0.468 e. The predicted molar refractivity (Wildman–Crippen MR) is 104 cm³/mol. The van der Waals surface area contributed by atoms with Crippen LogP contribution in [0.25, 0.3) is 0 Å². The van der Waals surface area contributed by atoms with Crippen LogP contribution in [-0.2, 0) is 20.9 Å². The Bertz CT molecular complexity index is 694. The maximum Gasteiger partial charge on any atom is 0.323 e. The van der Waals surface area contributed by atoms with E-state index in [1.807, 2.05) is 30.3 Å². The Morgan fingerprint density at radius 3 is 2.64 bits per heavy atom. The number of urea groups is 1. The van der Waals surface area contributed by atoms with Crippen molar-refractivity contribution in [3.63, 3.8) is 0 Å². The SMILES string of the molecule is COC(=O)C1CC2CCCCC2N1CCC(=O)NC(=O)NCc1ccccc1. The Morgan fingerprint density at radius 1 is 1.14 bits per heavy atom. The summed E-state index contributed by atoms with van der Waals surface area (Å²) in [7, 11) is 1.41. The minimum atomic E-state index is -0.504. The summed E-state index contributed by atoms with van der Waals surface area (Å²) in [6, 6.07) is 9.06. The largest absolute Gasteiger partial charge is 0.468 e. The lowest BCUT2D eigenvalue weighted by Crippen LogP contribution is -2.45. The van der Waals surface area contributed by atoms with Crippen molar-refractivity contribution in [2.24, 2.45) is 5.92 Å². The Labute approximate surface area is 165 Å². The lowest BCUT2D eigenvalue weighted by atomic mass is 9.85. The molecular weight excluding hydrogens is 358 g/mol. The summed E-state index contributed by atoms with van der Waals surface area (Å²) < 4.78 is 4.97. The van der Waals surface area contributed by atoms with E-state index in [1.165, 1.54) is 13.5 Å². The second-order valence-corrected chi connectivity index (χ2v) is 7.59. The molecule has 28 heavy (non-hydrogen) atoms. The fourth-order valence-corrected chi connectivity index (χ4v) is 4.48. The highest BCUT2D eigenvalue weighted by Crippen LogP contribution is 2.40. The van der Waals surface area contributed by atoms with Gasteiger partial charge >= 0.3 is 12.0 Å². The number of benzene rings is 1. The van der Waals surface area contributed by atoms with E-state index in [0.29, 0.717) is 25.0 Å². The number of methoxy groups -OCH3 is 1. The molecule has 2 N–H and O–H groups in total. The molecular formula is C21H29N3O4.